The first kappa shape index (κ1) is 11.7. The van der Waals surface area contributed by atoms with Crippen molar-refractivity contribution in [2.24, 2.45) is 5.73 Å². The number of nitrogens with two attached hydrogens (primary N) is 1. The van der Waals surface area contributed by atoms with Crippen LogP contribution < -0.4 is 11.1 Å². The van der Waals surface area contributed by atoms with Crippen molar-refractivity contribution in [2.45, 2.75) is 0 Å². The Balaban J connectivity index is 2.65. The molecule has 0 saturated carbocycles. The summed E-state index contributed by atoms with van der Waals surface area (Å²) in [5, 5.41) is 2.39. The minimum Gasteiger partial charge on any atom is -0.368 e. The number of nitrogens with one attached hydrogen (secondary N) is 1. The predicted molar refractivity (Wildman–Crippen MR) is 61.2 cm³/mol. The molecule has 0 aliphatic carbocycles. The zero-order valence-electron chi connectivity index (χ0n) is 6.84. The monoisotopic (exact) mass is 340 g/mol. The van der Waals surface area contributed by atoms with E-state index in [1.165, 1.54) is 11.3 Å². The summed E-state index contributed by atoms with van der Waals surface area (Å²) in [5.74, 6) is -0.867. The van der Waals surface area contributed by atoms with Gasteiger partial charge in [0, 0.05) is 4.47 Å². The molecule has 4 nitrogen and oxygen atoms in total. The molecule has 76 valence electrons. The maximum Gasteiger partial charge on any atom is 0.261 e. The molecule has 2 amide bonds. The molecular formula is C7H6Br2N2O2S. The van der Waals surface area contributed by atoms with Gasteiger partial charge in [-0.25, -0.2) is 0 Å². The van der Waals surface area contributed by atoms with Crippen LogP contribution in [-0.2, 0) is 4.79 Å². The van der Waals surface area contributed by atoms with Crippen LogP contribution in [0.15, 0.2) is 14.3 Å². The average molecular weight is 342 g/mol. The lowest BCUT2D eigenvalue weighted by Gasteiger charge is -1.98. The number of halogens is 2. The third-order valence-electron chi connectivity index (χ3n) is 1.29. The molecule has 14 heavy (non-hydrogen) atoms. The number of rotatable bonds is 3. The number of carbonyl (C=O) groups is 2. The highest BCUT2D eigenvalue weighted by Crippen LogP contribution is 2.32. The molecule has 0 radical (unpaired) electrons. The number of hydrogen-bond donors (Lipinski definition) is 2. The Kier molecular flexibility index (Phi) is 4.09. The first-order valence-electron chi connectivity index (χ1n) is 3.52. The number of hydrogen-bond acceptors (Lipinski definition) is 3. The van der Waals surface area contributed by atoms with Gasteiger partial charge in [0.1, 0.15) is 0 Å². The second-order valence-electron chi connectivity index (χ2n) is 2.38. The fraction of sp³-hybridized carbons (Fsp3) is 0.143. The van der Waals surface area contributed by atoms with Crippen LogP contribution in [0.5, 0.6) is 0 Å². The molecule has 0 unspecified atom stereocenters. The van der Waals surface area contributed by atoms with Crippen molar-refractivity contribution in [3.63, 3.8) is 0 Å². The SMILES string of the molecule is NC(=O)CNC(=O)c1cc(Br)c(Br)s1. The van der Waals surface area contributed by atoms with E-state index in [1.54, 1.807) is 6.07 Å². The summed E-state index contributed by atoms with van der Waals surface area (Å²) in [7, 11) is 0. The zero-order valence-corrected chi connectivity index (χ0v) is 10.8. The van der Waals surface area contributed by atoms with Gasteiger partial charge in [0.25, 0.3) is 5.91 Å². The molecule has 1 aromatic heterocycles. The van der Waals surface area contributed by atoms with E-state index in [9.17, 15) is 9.59 Å². The molecule has 0 aromatic carbocycles. The lowest BCUT2D eigenvalue weighted by molar-refractivity contribution is -0.117. The first-order valence-corrected chi connectivity index (χ1v) is 5.92. The van der Waals surface area contributed by atoms with Gasteiger partial charge in [0.05, 0.1) is 15.2 Å². The summed E-state index contributed by atoms with van der Waals surface area (Å²) >= 11 is 7.80. The van der Waals surface area contributed by atoms with Gasteiger partial charge in [-0.1, -0.05) is 0 Å². The fourth-order valence-electron chi connectivity index (χ4n) is 0.713. The molecule has 0 bridgehead atoms. The lowest BCUT2D eigenvalue weighted by Crippen LogP contribution is -2.32. The zero-order chi connectivity index (χ0) is 10.7. The Morgan fingerprint density at radius 1 is 1.50 bits per heavy atom. The average Bonchev–Trinajstić information content (AvgIpc) is 2.43. The van der Waals surface area contributed by atoms with Crippen LogP contribution in [0.2, 0.25) is 0 Å². The standard InChI is InChI=1S/C7H6Br2N2O2S/c8-3-1-4(14-6(3)9)7(13)11-2-5(10)12/h1H,2H2,(H2,10,12)(H,11,13). The number of thiophene rings is 1. The molecule has 1 aromatic rings. The van der Waals surface area contributed by atoms with Crippen molar-refractivity contribution < 1.29 is 9.59 Å². The van der Waals surface area contributed by atoms with Crippen LogP contribution in [0.3, 0.4) is 0 Å². The maximum absolute atomic E-state index is 11.4. The van der Waals surface area contributed by atoms with Crippen molar-refractivity contribution in [2.75, 3.05) is 6.54 Å². The van der Waals surface area contributed by atoms with E-state index in [0.29, 0.717) is 4.88 Å². The van der Waals surface area contributed by atoms with Crippen molar-refractivity contribution in [1.82, 2.24) is 5.32 Å². The van der Waals surface area contributed by atoms with E-state index in [4.69, 9.17) is 5.73 Å². The topological polar surface area (TPSA) is 72.2 Å². The molecular weight excluding hydrogens is 336 g/mol. The fourth-order valence-corrected chi connectivity index (χ4v) is 2.67. The highest BCUT2D eigenvalue weighted by Gasteiger charge is 2.11. The van der Waals surface area contributed by atoms with Gasteiger partial charge in [0.15, 0.2) is 0 Å². The quantitative estimate of drug-likeness (QED) is 0.874. The molecule has 1 heterocycles. The smallest absolute Gasteiger partial charge is 0.261 e. The Bertz CT molecular complexity index is 358. The van der Waals surface area contributed by atoms with Gasteiger partial charge in [-0.15, -0.1) is 11.3 Å². The molecule has 7 heteroatoms. The largest absolute Gasteiger partial charge is 0.368 e. The molecule has 0 aliphatic heterocycles. The summed E-state index contributed by atoms with van der Waals surface area (Å²) in [5.41, 5.74) is 4.89. The van der Waals surface area contributed by atoms with Crippen LogP contribution in [0.25, 0.3) is 0 Å². The Morgan fingerprint density at radius 2 is 2.14 bits per heavy atom. The normalized spacial score (nSPS) is 9.86. The van der Waals surface area contributed by atoms with Gasteiger partial charge >= 0.3 is 0 Å². The van der Waals surface area contributed by atoms with E-state index in [1.807, 2.05) is 0 Å². The number of primary amides is 1. The molecule has 0 spiro atoms. The van der Waals surface area contributed by atoms with E-state index >= 15 is 0 Å². The predicted octanol–water partition coefficient (Wildman–Crippen LogP) is 1.49. The van der Waals surface area contributed by atoms with Crippen LogP contribution in [-0.4, -0.2) is 18.4 Å². The van der Waals surface area contributed by atoms with Crippen LogP contribution >= 0.6 is 43.2 Å². The van der Waals surface area contributed by atoms with Gasteiger partial charge in [0.2, 0.25) is 5.91 Å². The molecule has 1 rings (SSSR count). The van der Waals surface area contributed by atoms with E-state index in [-0.39, 0.29) is 12.5 Å². The molecule has 0 fully saturated rings. The third-order valence-corrected chi connectivity index (χ3v) is 4.55. The summed E-state index contributed by atoms with van der Waals surface area (Å²) in [4.78, 5) is 22.3. The van der Waals surface area contributed by atoms with Crippen molar-refractivity contribution in [3.05, 3.63) is 19.2 Å². The van der Waals surface area contributed by atoms with Crippen molar-refractivity contribution >= 4 is 55.0 Å². The number of carbonyl (C=O) groups excluding carboxylic acids is 2. The highest BCUT2D eigenvalue weighted by atomic mass is 79.9. The Hall–Kier alpha value is -0.400. The summed E-state index contributed by atoms with van der Waals surface area (Å²) < 4.78 is 1.65. The molecule has 0 atom stereocenters. The minimum atomic E-state index is -0.562. The Labute approximate surface area is 101 Å². The van der Waals surface area contributed by atoms with E-state index in [2.05, 4.69) is 37.2 Å². The third kappa shape index (κ3) is 3.07. The van der Waals surface area contributed by atoms with Gasteiger partial charge in [-0.2, -0.15) is 0 Å². The minimum absolute atomic E-state index is 0.147. The second-order valence-corrected chi connectivity index (χ2v) is 5.61. The summed E-state index contributed by atoms with van der Waals surface area (Å²) in [6.07, 6.45) is 0. The second kappa shape index (κ2) is 4.90. The summed E-state index contributed by atoms with van der Waals surface area (Å²) in [6.45, 7) is -0.147. The van der Waals surface area contributed by atoms with E-state index in [0.717, 1.165) is 8.26 Å². The van der Waals surface area contributed by atoms with Gasteiger partial charge in [-0.3, -0.25) is 9.59 Å². The highest BCUT2D eigenvalue weighted by molar-refractivity contribution is 9.13. The van der Waals surface area contributed by atoms with Gasteiger partial charge in [-0.05, 0) is 37.9 Å². The molecule has 3 N–H and O–H groups in total. The van der Waals surface area contributed by atoms with Crippen LogP contribution in [0.1, 0.15) is 9.67 Å². The first-order chi connectivity index (χ1) is 6.50. The molecule has 0 saturated heterocycles. The maximum atomic E-state index is 11.4. The van der Waals surface area contributed by atoms with Gasteiger partial charge < -0.3 is 11.1 Å². The van der Waals surface area contributed by atoms with Crippen molar-refractivity contribution in [1.29, 1.82) is 0 Å². The molecule has 0 aliphatic rings. The van der Waals surface area contributed by atoms with Crippen molar-refractivity contribution in [3.8, 4) is 0 Å². The lowest BCUT2D eigenvalue weighted by atomic mass is 10.4. The number of amides is 2. The summed E-state index contributed by atoms with van der Waals surface area (Å²) in [6, 6.07) is 1.67. The Morgan fingerprint density at radius 3 is 2.57 bits per heavy atom. The van der Waals surface area contributed by atoms with Crippen LogP contribution in [0.4, 0.5) is 0 Å². The van der Waals surface area contributed by atoms with E-state index < -0.39 is 5.91 Å². The van der Waals surface area contributed by atoms with Crippen LogP contribution in [0, 0.1) is 0 Å².